The van der Waals surface area contributed by atoms with Crippen molar-refractivity contribution < 1.29 is 19.2 Å². The number of nitrogens with zero attached hydrogens (tertiary/aromatic N) is 1. The molecule has 10 heteroatoms. The first-order valence-electron chi connectivity index (χ1n) is 10.1. The minimum atomic E-state index is -1.18. The van der Waals surface area contributed by atoms with Crippen molar-refractivity contribution in [3.63, 3.8) is 0 Å². The molecule has 5 N–H and O–H groups in total. The van der Waals surface area contributed by atoms with Gasteiger partial charge in [-0.3, -0.25) is 14.4 Å². The van der Waals surface area contributed by atoms with Gasteiger partial charge in [0, 0.05) is 35.1 Å². The average Bonchev–Trinajstić information content (AvgIpc) is 2.75. The van der Waals surface area contributed by atoms with Crippen LogP contribution < -0.4 is 26.6 Å². The Kier molecular flexibility index (Phi) is 7.67. The molecular weight excluding hydrogens is 434 g/mol. The molecule has 1 fully saturated rings. The number of piperidine rings is 1. The number of primary amides is 1. The Morgan fingerprint density at radius 1 is 0.969 bits per heavy atom. The molecule has 1 aliphatic rings. The summed E-state index contributed by atoms with van der Waals surface area (Å²) in [6.07, 6.45) is 1.99. The van der Waals surface area contributed by atoms with Gasteiger partial charge in [0.25, 0.3) is 0 Å². The van der Waals surface area contributed by atoms with Crippen LogP contribution in [-0.4, -0.2) is 36.3 Å². The minimum absolute atomic E-state index is 0.0745. The summed E-state index contributed by atoms with van der Waals surface area (Å²) >= 11 is 5.82. The lowest BCUT2D eigenvalue weighted by molar-refractivity contribution is -0.123. The highest BCUT2D eigenvalue weighted by Crippen LogP contribution is 2.23. The number of nitrogens with two attached hydrogens (primary N) is 1. The van der Waals surface area contributed by atoms with E-state index in [2.05, 4.69) is 16.0 Å². The predicted octanol–water partition coefficient (Wildman–Crippen LogP) is 2.86. The van der Waals surface area contributed by atoms with Crippen LogP contribution in [0.5, 0.6) is 0 Å². The van der Waals surface area contributed by atoms with E-state index in [1.54, 1.807) is 53.4 Å². The molecule has 3 rings (SSSR count). The van der Waals surface area contributed by atoms with Crippen LogP contribution in [0.25, 0.3) is 0 Å². The Morgan fingerprint density at radius 3 is 2.22 bits per heavy atom. The van der Waals surface area contributed by atoms with Crippen LogP contribution in [0.4, 0.5) is 21.9 Å². The van der Waals surface area contributed by atoms with Gasteiger partial charge in [-0.15, -0.1) is 0 Å². The SMILES string of the molecule is NC(=O)C[C@H](NC(=O)Nc1ccc(Cl)cc1)C(=O)Nc1ccc(N2CCCCC2=O)cc1. The Hall–Kier alpha value is -3.59. The van der Waals surface area contributed by atoms with E-state index in [0.717, 1.165) is 18.5 Å². The quantitative estimate of drug-likeness (QED) is 0.508. The molecule has 168 valence electrons. The van der Waals surface area contributed by atoms with Crippen molar-refractivity contribution >= 4 is 52.4 Å². The van der Waals surface area contributed by atoms with E-state index in [0.29, 0.717) is 29.4 Å². The Morgan fingerprint density at radius 2 is 1.59 bits per heavy atom. The van der Waals surface area contributed by atoms with E-state index in [-0.39, 0.29) is 12.3 Å². The number of hydrogen-bond acceptors (Lipinski definition) is 4. The zero-order chi connectivity index (χ0) is 23.1. The maximum absolute atomic E-state index is 12.7. The number of halogens is 1. The third-order valence-electron chi connectivity index (χ3n) is 4.90. The molecule has 0 spiro atoms. The Bertz CT molecular complexity index is 994. The standard InChI is InChI=1S/C22H24ClN5O4/c23-14-4-6-16(7-5-14)26-22(32)27-18(13-19(24)29)21(31)25-15-8-10-17(11-9-15)28-12-2-1-3-20(28)30/h4-11,18H,1-3,12-13H2,(H2,24,29)(H,25,31)(H2,26,27,32)/t18-/m0/s1. The van der Waals surface area contributed by atoms with Crippen molar-refractivity contribution in [1.82, 2.24) is 5.32 Å². The Balaban J connectivity index is 1.62. The van der Waals surface area contributed by atoms with Crippen LogP contribution in [0, 0.1) is 0 Å². The maximum Gasteiger partial charge on any atom is 0.319 e. The largest absolute Gasteiger partial charge is 0.370 e. The third-order valence-corrected chi connectivity index (χ3v) is 5.15. The summed E-state index contributed by atoms with van der Waals surface area (Å²) in [7, 11) is 0. The molecule has 0 radical (unpaired) electrons. The molecule has 1 aliphatic heterocycles. The van der Waals surface area contributed by atoms with Crippen LogP contribution in [0.15, 0.2) is 48.5 Å². The second-order valence-corrected chi connectivity index (χ2v) is 7.80. The van der Waals surface area contributed by atoms with Crippen LogP contribution >= 0.6 is 11.6 Å². The number of hydrogen-bond donors (Lipinski definition) is 4. The highest BCUT2D eigenvalue weighted by atomic mass is 35.5. The van der Waals surface area contributed by atoms with Gasteiger partial charge in [-0.1, -0.05) is 11.6 Å². The molecule has 0 bridgehead atoms. The van der Waals surface area contributed by atoms with E-state index in [9.17, 15) is 19.2 Å². The number of rotatable bonds is 7. The molecule has 1 saturated heterocycles. The smallest absolute Gasteiger partial charge is 0.319 e. The van der Waals surface area contributed by atoms with Gasteiger partial charge in [-0.05, 0) is 61.4 Å². The van der Waals surface area contributed by atoms with Gasteiger partial charge in [-0.25, -0.2) is 4.79 Å². The van der Waals surface area contributed by atoms with E-state index in [1.165, 1.54) is 0 Å². The monoisotopic (exact) mass is 457 g/mol. The normalized spacial score (nSPS) is 14.4. The van der Waals surface area contributed by atoms with Gasteiger partial charge in [0.05, 0.1) is 6.42 Å². The number of carbonyl (C=O) groups is 4. The summed E-state index contributed by atoms with van der Waals surface area (Å²) in [4.78, 5) is 50.1. The number of nitrogens with one attached hydrogen (secondary N) is 3. The summed E-state index contributed by atoms with van der Waals surface area (Å²) in [6.45, 7) is 0.665. The van der Waals surface area contributed by atoms with E-state index in [4.69, 9.17) is 17.3 Å². The van der Waals surface area contributed by atoms with Crippen molar-refractivity contribution in [3.05, 3.63) is 53.6 Å². The molecule has 9 nitrogen and oxygen atoms in total. The van der Waals surface area contributed by atoms with Gasteiger partial charge in [0.1, 0.15) is 6.04 Å². The zero-order valence-electron chi connectivity index (χ0n) is 17.3. The van der Waals surface area contributed by atoms with E-state index >= 15 is 0 Å². The molecule has 32 heavy (non-hydrogen) atoms. The molecule has 5 amide bonds. The number of urea groups is 1. The molecule has 2 aromatic carbocycles. The van der Waals surface area contributed by atoms with Gasteiger partial charge in [0.2, 0.25) is 17.7 Å². The fraction of sp³-hybridized carbons (Fsp3) is 0.273. The summed E-state index contributed by atoms with van der Waals surface area (Å²) in [5, 5.41) is 8.18. The van der Waals surface area contributed by atoms with Gasteiger partial charge in [0.15, 0.2) is 0 Å². The number of carbonyl (C=O) groups excluding carboxylic acids is 4. The van der Waals surface area contributed by atoms with E-state index < -0.39 is 23.9 Å². The number of benzene rings is 2. The molecule has 0 aromatic heterocycles. The first-order chi connectivity index (χ1) is 15.3. The first kappa shape index (κ1) is 23.1. The van der Waals surface area contributed by atoms with E-state index in [1.807, 2.05) is 0 Å². The molecule has 2 aromatic rings. The summed E-state index contributed by atoms with van der Waals surface area (Å²) in [5.74, 6) is -1.27. The lowest BCUT2D eigenvalue weighted by Gasteiger charge is -2.27. The summed E-state index contributed by atoms with van der Waals surface area (Å²) in [5.41, 5.74) is 6.92. The molecule has 0 aliphatic carbocycles. The second-order valence-electron chi connectivity index (χ2n) is 7.37. The van der Waals surface area contributed by atoms with Crippen molar-refractivity contribution in [2.45, 2.75) is 31.7 Å². The number of anilines is 3. The molecule has 0 saturated carbocycles. The minimum Gasteiger partial charge on any atom is -0.370 e. The first-order valence-corrected chi connectivity index (χ1v) is 10.5. The van der Waals surface area contributed by atoms with Crippen molar-refractivity contribution in [2.75, 3.05) is 22.1 Å². The van der Waals surface area contributed by atoms with Crippen LogP contribution in [-0.2, 0) is 14.4 Å². The van der Waals surface area contributed by atoms with Crippen molar-refractivity contribution in [2.24, 2.45) is 5.73 Å². The lowest BCUT2D eigenvalue weighted by Crippen LogP contribution is -2.47. The molecule has 0 unspecified atom stereocenters. The molecular formula is C22H24ClN5O4. The lowest BCUT2D eigenvalue weighted by atomic mass is 10.1. The summed E-state index contributed by atoms with van der Waals surface area (Å²) < 4.78 is 0. The van der Waals surface area contributed by atoms with Crippen LogP contribution in [0.3, 0.4) is 0 Å². The van der Waals surface area contributed by atoms with Gasteiger partial charge >= 0.3 is 6.03 Å². The molecule has 1 heterocycles. The second kappa shape index (κ2) is 10.6. The van der Waals surface area contributed by atoms with Crippen molar-refractivity contribution in [1.29, 1.82) is 0 Å². The highest BCUT2D eigenvalue weighted by molar-refractivity contribution is 6.30. The topological polar surface area (TPSA) is 134 Å². The third kappa shape index (κ3) is 6.45. The van der Waals surface area contributed by atoms with Crippen LogP contribution in [0.2, 0.25) is 5.02 Å². The van der Waals surface area contributed by atoms with Gasteiger partial charge in [-0.2, -0.15) is 0 Å². The predicted molar refractivity (Wildman–Crippen MR) is 122 cm³/mol. The maximum atomic E-state index is 12.7. The van der Waals surface area contributed by atoms with Gasteiger partial charge < -0.3 is 26.6 Å². The fourth-order valence-electron chi connectivity index (χ4n) is 3.30. The fourth-order valence-corrected chi connectivity index (χ4v) is 3.43. The van der Waals surface area contributed by atoms with Crippen LogP contribution in [0.1, 0.15) is 25.7 Å². The highest BCUT2D eigenvalue weighted by Gasteiger charge is 2.24. The average molecular weight is 458 g/mol. The Labute approximate surface area is 190 Å². The summed E-state index contributed by atoms with van der Waals surface area (Å²) in [6, 6.07) is 11.3. The number of amides is 5. The molecule has 1 atom stereocenters. The zero-order valence-corrected chi connectivity index (χ0v) is 18.0. The van der Waals surface area contributed by atoms with Crippen molar-refractivity contribution in [3.8, 4) is 0 Å².